The Balaban J connectivity index is 2.10. The van der Waals surface area contributed by atoms with Gasteiger partial charge in [-0.15, -0.1) is 0 Å². The SMILES string of the molecule is C[C@@H](C(=O)NC(C)(C)C)N(Cc1c(Cl)cccc1Cl)C(=O)CN(c1cc(Cl)cc(Cl)c1)S(=O)(=O)c1ccccc1. The molecular formula is C28H29Cl4N3O4S. The molecule has 2 amide bonds. The van der Waals surface area contributed by atoms with E-state index in [9.17, 15) is 18.0 Å². The summed E-state index contributed by atoms with van der Waals surface area (Å²) in [5.41, 5.74) is -0.0856. The van der Waals surface area contributed by atoms with E-state index in [1.807, 2.05) is 20.8 Å². The summed E-state index contributed by atoms with van der Waals surface area (Å²) in [6.45, 7) is 6.17. The summed E-state index contributed by atoms with van der Waals surface area (Å²) in [7, 11) is -4.26. The van der Waals surface area contributed by atoms with E-state index in [0.29, 0.717) is 15.6 Å². The average Bonchev–Trinajstić information content (AvgIpc) is 2.85. The number of anilines is 1. The number of carbonyl (C=O) groups is 2. The second kappa shape index (κ2) is 13.0. The molecule has 0 saturated carbocycles. The average molecular weight is 645 g/mol. The van der Waals surface area contributed by atoms with Crippen molar-refractivity contribution in [3.05, 3.63) is 92.4 Å². The first-order valence-electron chi connectivity index (χ1n) is 12.2. The summed E-state index contributed by atoms with van der Waals surface area (Å²) in [6, 6.07) is 15.8. The molecule has 0 unspecified atom stereocenters. The first-order chi connectivity index (χ1) is 18.6. The van der Waals surface area contributed by atoms with Gasteiger partial charge in [0.25, 0.3) is 10.0 Å². The van der Waals surface area contributed by atoms with Crippen molar-refractivity contribution in [1.82, 2.24) is 10.2 Å². The fourth-order valence-corrected chi connectivity index (χ4v) is 6.29. The molecular weight excluding hydrogens is 616 g/mol. The summed E-state index contributed by atoms with van der Waals surface area (Å²) in [4.78, 5) is 28.4. The van der Waals surface area contributed by atoms with Crippen LogP contribution in [-0.2, 0) is 26.2 Å². The van der Waals surface area contributed by atoms with Crippen molar-refractivity contribution in [3.8, 4) is 0 Å². The van der Waals surface area contributed by atoms with E-state index in [1.165, 1.54) is 35.2 Å². The van der Waals surface area contributed by atoms with E-state index >= 15 is 0 Å². The fourth-order valence-electron chi connectivity index (χ4n) is 3.84. The number of benzene rings is 3. The number of nitrogens with zero attached hydrogens (tertiary/aromatic N) is 2. The monoisotopic (exact) mass is 643 g/mol. The number of halogens is 4. The number of rotatable bonds is 9. The lowest BCUT2D eigenvalue weighted by molar-refractivity contribution is -0.140. The summed E-state index contributed by atoms with van der Waals surface area (Å²) in [5, 5.41) is 3.81. The molecule has 0 spiro atoms. The number of sulfonamides is 1. The molecule has 40 heavy (non-hydrogen) atoms. The Bertz CT molecular complexity index is 1450. The lowest BCUT2D eigenvalue weighted by Crippen LogP contribution is -2.54. The maximum absolute atomic E-state index is 14.0. The molecule has 0 heterocycles. The van der Waals surface area contributed by atoms with Gasteiger partial charge < -0.3 is 10.2 Å². The topological polar surface area (TPSA) is 86.8 Å². The standard InChI is InChI=1S/C28H29Cl4N3O4S/c1-18(27(37)33-28(2,3)4)34(16-23-24(31)11-8-12-25(23)32)26(36)17-35(21-14-19(29)13-20(30)15-21)40(38,39)22-9-6-5-7-10-22/h5-15,18H,16-17H2,1-4H3,(H,33,37)/t18-/m0/s1. The molecule has 0 fully saturated rings. The van der Waals surface area contributed by atoms with E-state index in [0.717, 1.165) is 4.31 Å². The van der Waals surface area contributed by atoms with E-state index in [1.54, 1.807) is 43.3 Å². The van der Waals surface area contributed by atoms with Gasteiger partial charge in [-0.3, -0.25) is 13.9 Å². The zero-order chi connectivity index (χ0) is 29.8. The molecule has 3 aromatic rings. The molecule has 0 bridgehead atoms. The number of hydrogen-bond donors (Lipinski definition) is 1. The number of hydrogen-bond acceptors (Lipinski definition) is 4. The molecule has 0 aliphatic carbocycles. The van der Waals surface area contributed by atoms with Gasteiger partial charge in [-0.1, -0.05) is 70.7 Å². The van der Waals surface area contributed by atoms with Crippen LogP contribution in [0.15, 0.2) is 71.6 Å². The van der Waals surface area contributed by atoms with Crippen LogP contribution in [0.1, 0.15) is 33.3 Å². The minimum Gasteiger partial charge on any atom is -0.350 e. The lowest BCUT2D eigenvalue weighted by atomic mass is 10.1. The van der Waals surface area contributed by atoms with E-state index in [2.05, 4.69) is 5.32 Å². The van der Waals surface area contributed by atoms with Gasteiger partial charge >= 0.3 is 0 Å². The van der Waals surface area contributed by atoms with Crippen molar-refractivity contribution in [2.24, 2.45) is 0 Å². The molecule has 3 aromatic carbocycles. The Labute approximate surface area is 255 Å². The lowest BCUT2D eigenvalue weighted by Gasteiger charge is -2.34. The highest BCUT2D eigenvalue weighted by atomic mass is 35.5. The van der Waals surface area contributed by atoms with Crippen molar-refractivity contribution >= 4 is 73.9 Å². The minimum atomic E-state index is -4.26. The van der Waals surface area contributed by atoms with Crippen molar-refractivity contribution < 1.29 is 18.0 Å². The second-order valence-electron chi connectivity index (χ2n) is 10.1. The Morgan fingerprint density at radius 1 is 0.875 bits per heavy atom. The Morgan fingerprint density at radius 2 is 1.43 bits per heavy atom. The van der Waals surface area contributed by atoms with Crippen molar-refractivity contribution in [3.63, 3.8) is 0 Å². The largest absolute Gasteiger partial charge is 0.350 e. The third-order valence-electron chi connectivity index (χ3n) is 5.80. The van der Waals surface area contributed by atoms with Crippen molar-refractivity contribution in [1.29, 1.82) is 0 Å². The first kappa shape index (κ1) is 32.0. The fraction of sp³-hybridized carbons (Fsp3) is 0.286. The Hall–Kier alpha value is -2.49. The van der Waals surface area contributed by atoms with E-state index in [4.69, 9.17) is 46.4 Å². The van der Waals surface area contributed by atoms with E-state index in [-0.39, 0.29) is 27.2 Å². The zero-order valence-electron chi connectivity index (χ0n) is 22.3. The van der Waals surface area contributed by atoms with Crippen LogP contribution in [0.3, 0.4) is 0 Å². The van der Waals surface area contributed by atoms with Crippen LogP contribution in [0, 0.1) is 0 Å². The second-order valence-corrected chi connectivity index (χ2v) is 13.6. The Morgan fingerprint density at radius 3 is 1.95 bits per heavy atom. The predicted molar refractivity (Wildman–Crippen MR) is 162 cm³/mol. The highest BCUT2D eigenvalue weighted by Crippen LogP contribution is 2.31. The zero-order valence-corrected chi connectivity index (χ0v) is 26.1. The quantitative estimate of drug-likeness (QED) is 0.277. The van der Waals surface area contributed by atoms with Crippen LogP contribution < -0.4 is 9.62 Å². The van der Waals surface area contributed by atoms with Gasteiger partial charge in [0.15, 0.2) is 0 Å². The first-order valence-corrected chi connectivity index (χ1v) is 15.1. The minimum absolute atomic E-state index is 0.0434. The molecule has 3 rings (SSSR count). The van der Waals surface area contributed by atoms with Crippen LogP contribution in [0.25, 0.3) is 0 Å². The van der Waals surface area contributed by atoms with Gasteiger partial charge in [0, 0.05) is 37.7 Å². The van der Waals surface area contributed by atoms with Crippen LogP contribution >= 0.6 is 46.4 Å². The highest BCUT2D eigenvalue weighted by Gasteiger charge is 2.34. The Kier molecular flexibility index (Phi) is 10.4. The van der Waals surface area contributed by atoms with Crippen LogP contribution in [0.4, 0.5) is 5.69 Å². The van der Waals surface area contributed by atoms with Crippen molar-refractivity contribution in [2.75, 3.05) is 10.8 Å². The highest BCUT2D eigenvalue weighted by molar-refractivity contribution is 7.92. The number of amides is 2. The number of nitrogens with one attached hydrogen (secondary N) is 1. The van der Waals surface area contributed by atoms with Crippen molar-refractivity contribution in [2.45, 2.75) is 50.7 Å². The summed E-state index contributed by atoms with van der Waals surface area (Å²) in [6.07, 6.45) is 0. The maximum Gasteiger partial charge on any atom is 0.264 e. The molecule has 0 saturated heterocycles. The normalized spacial score (nSPS) is 12.5. The third-order valence-corrected chi connectivity index (χ3v) is 8.73. The maximum atomic E-state index is 14.0. The van der Waals surface area contributed by atoms with Gasteiger partial charge in [-0.25, -0.2) is 8.42 Å². The molecule has 1 N–H and O–H groups in total. The predicted octanol–water partition coefficient (Wildman–Crippen LogP) is 6.83. The van der Waals surface area contributed by atoms with Gasteiger partial charge in [-0.2, -0.15) is 0 Å². The van der Waals surface area contributed by atoms with Gasteiger partial charge in [-0.05, 0) is 70.2 Å². The molecule has 7 nitrogen and oxygen atoms in total. The van der Waals surface area contributed by atoms with Crippen LogP contribution in [-0.4, -0.2) is 43.3 Å². The molecule has 0 aromatic heterocycles. The van der Waals surface area contributed by atoms with Gasteiger partial charge in [0.1, 0.15) is 12.6 Å². The smallest absolute Gasteiger partial charge is 0.264 e. The molecule has 0 aliphatic heterocycles. The summed E-state index contributed by atoms with van der Waals surface area (Å²) < 4.78 is 28.6. The van der Waals surface area contributed by atoms with Crippen LogP contribution in [0.2, 0.25) is 20.1 Å². The van der Waals surface area contributed by atoms with Crippen LogP contribution in [0.5, 0.6) is 0 Å². The van der Waals surface area contributed by atoms with Gasteiger partial charge in [0.2, 0.25) is 11.8 Å². The summed E-state index contributed by atoms with van der Waals surface area (Å²) >= 11 is 25.2. The van der Waals surface area contributed by atoms with Gasteiger partial charge in [0.05, 0.1) is 10.6 Å². The molecule has 1 atom stereocenters. The van der Waals surface area contributed by atoms with E-state index < -0.39 is 40.0 Å². The molecule has 12 heteroatoms. The molecule has 214 valence electrons. The number of carbonyl (C=O) groups excluding carboxylic acids is 2. The third kappa shape index (κ3) is 8.04. The molecule has 0 aliphatic rings. The summed E-state index contributed by atoms with van der Waals surface area (Å²) in [5.74, 6) is -1.12. The molecule has 0 radical (unpaired) electrons.